The Morgan fingerprint density at radius 3 is 2.57 bits per heavy atom. The van der Waals surface area contributed by atoms with E-state index in [1.807, 2.05) is 17.9 Å². The van der Waals surface area contributed by atoms with E-state index in [2.05, 4.69) is 15.4 Å². The maximum Gasteiger partial charge on any atom is 0.249 e. The number of pyridine rings is 1. The number of aromatic nitrogens is 3. The first-order chi connectivity index (χ1) is 14.5. The highest BCUT2D eigenvalue weighted by molar-refractivity contribution is 5.98. The third-order valence-corrected chi connectivity index (χ3v) is 6.54. The molecule has 2 saturated heterocycles. The third kappa shape index (κ3) is 3.08. The third-order valence-electron chi connectivity index (χ3n) is 6.54. The molecule has 1 N–H and O–H groups in total. The Morgan fingerprint density at radius 1 is 1.20 bits per heavy atom. The minimum atomic E-state index is -0.726. The van der Waals surface area contributed by atoms with Crippen LogP contribution in [0.5, 0.6) is 0 Å². The van der Waals surface area contributed by atoms with Crippen LogP contribution in [0, 0.1) is 5.82 Å². The van der Waals surface area contributed by atoms with Crippen LogP contribution in [0.4, 0.5) is 4.39 Å². The summed E-state index contributed by atoms with van der Waals surface area (Å²) >= 11 is 0. The lowest BCUT2D eigenvalue weighted by Gasteiger charge is -2.52. The molecule has 2 aromatic heterocycles. The second kappa shape index (κ2) is 7.16. The molecule has 2 aromatic rings. The van der Waals surface area contributed by atoms with Gasteiger partial charge in [-0.15, -0.1) is 0 Å². The summed E-state index contributed by atoms with van der Waals surface area (Å²) in [6.45, 7) is 3.50. The van der Waals surface area contributed by atoms with Gasteiger partial charge < -0.3 is 15.1 Å². The molecule has 3 fully saturated rings. The lowest BCUT2D eigenvalue weighted by atomic mass is 9.82. The lowest BCUT2D eigenvalue weighted by molar-refractivity contribution is -0.170. The molecule has 5 rings (SSSR count). The van der Waals surface area contributed by atoms with Gasteiger partial charge in [-0.25, -0.2) is 14.1 Å². The fourth-order valence-corrected chi connectivity index (χ4v) is 4.78. The van der Waals surface area contributed by atoms with Crippen LogP contribution in [0.2, 0.25) is 0 Å². The Labute approximate surface area is 174 Å². The van der Waals surface area contributed by atoms with Gasteiger partial charge in [0, 0.05) is 12.2 Å². The van der Waals surface area contributed by atoms with Gasteiger partial charge in [0.25, 0.3) is 0 Å². The average Bonchev–Trinajstić information content (AvgIpc) is 3.50. The van der Waals surface area contributed by atoms with Crippen LogP contribution in [0.1, 0.15) is 44.2 Å². The molecule has 1 saturated carbocycles. The topological polar surface area (TPSA) is 83.4 Å². The Morgan fingerprint density at radius 2 is 1.97 bits per heavy atom. The van der Waals surface area contributed by atoms with Crippen molar-refractivity contribution >= 4 is 11.8 Å². The summed E-state index contributed by atoms with van der Waals surface area (Å²) in [5.41, 5.74) is 0.104. The Bertz CT molecular complexity index is 964. The summed E-state index contributed by atoms with van der Waals surface area (Å²) in [4.78, 5) is 34.8. The molecule has 1 aliphatic carbocycles. The number of halogens is 1. The van der Waals surface area contributed by atoms with E-state index in [-0.39, 0.29) is 30.4 Å². The second-order valence-electron chi connectivity index (χ2n) is 8.44. The summed E-state index contributed by atoms with van der Waals surface area (Å²) in [6.07, 6.45) is 7.33. The van der Waals surface area contributed by atoms with E-state index in [0.717, 1.165) is 37.7 Å². The number of nitrogens with one attached hydrogen (secondary N) is 1. The molecular weight excluding hydrogens is 387 g/mol. The quantitative estimate of drug-likeness (QED) is 0.821. The van der Waals surface area contributed by atoms with Crippen LogP contribution in [-0.4, -0.2) is 67.6 Å². The van der Waals surface area contributed by atoms with Crippen LogP contribution in [0.25, 0.3) is 5.82 Å². The van der Waals surface area contributed by atoms with Gasteiger partial charge in [0.15, 0.2) is 11.6 Å². The zero-order chi connectivity index (χ0) is 20.9. The van der Waals surface area contributed by atoms with Crippen molar-refractivity contribution in [2.45, 2.75) is 50.2 Å². The minimum Gasteiger partial charge on any atom is -0.325 e. The lowest BCUT2D eigenvalue weighted by Crippen LogP contribution is -2.71. The molecule has 3 aliphatic rings. The van der Waals surface area contributed by atoms with E-state index < -0.39 is 11.4 Å². The molecule has 2 aliphatic heterocycles. The monoisotopic (exact) mass is 412 g/mol. The van der Waals surface area contributed by atoms with Gasteiger partial charge in [-0.05, 0) is 57.3 Å². The fraction of sp³-hybridized carbons (Fsp3) is 0.524. The van der Waals surface area contributed by atoms with Crippen LogP contribution in [0.3, 0.4) is 0 Å². The fourth-order valence-electron chi connectivity index (χ4n) is 4.78. The van der Waals surface area contributed by atoms with E-state index >= 15 is 0 Å². The first-order valence-electron chi connectivity index (χ1n) is 10.5. The number of rotatable bonds is 4. The van der Waals surface area contributed by atoms with Crippen LogP contribution in [0.15, 0.2) is 30.7 Å². The molecule has 8 nitrogen and oxygen atoms in total. The maximum absolute atomic E-state index is 13.7. The van der Waals surface area contributed by atoms with Crippen molar-refractivity contribution in [2.75, 3.05) is 19.6 Å². The van der Waals surface area contributed by atoms with Gasteiger partial charge in [0.1, 0.15) is 12.1 Å². The smallest absolute Gasteiger partial charge is 0.249 e. The highest BCUT2D eigenvalue weighted by atomic mass is 19.1. The SMILES string of the molecule is C[C@@H](c1ccc(-n2cc(F)cn2)nc1)N1CC(=O)N(C2CC2)C2(CCNCC2)C1=O. The van der Waals surface area contributed by atoms with Crippen LogP contribution >= 0.6 is 0 Å². The van der Waals surface area contributed by atoms with Crippen molar-refractivity contribution < 1.29 is 14.0 Å². The average molecular weight is 412 g/mol. The number of amides is 2. The molecule has 0 radical (unpaired) electrons. The number of carbonyl (C=O) groups is 2. The first-order valence-corrected chi connectivity index (χ1v) is 10.5. The van der Waals surface area contributed by atoms with Crippen LogP contribution in [-0.2, 0) is 9.59 Å². The second-order valence-corrected chi connectivity index (χ2v) is 8.44. The molecular formula is C21H25FN6O2. The molecule has 0 bridgehead atoms. The van der Waals surface area contributed by atoms with Crippen molar-refractivity contribution in [2.24, 2.45) is 0 Å². The molecule has 0 unspecified atom stereocenters. The normalized spacial score (nSPS) is 22.6. The largest absolute Gasteiger partial charge is 0.325 e. The van der Waals surface area contributed by atoms with Gasteiger partial charge in [-0.1, -0.05) is 6.07 Å². The van der Waals surface area contributed by atoms with Crippen molar-refractivity contribution in [3.8, 4) is 5.82 Å². The van der Waals surface area contributed by atoms with Gasteiger partial charge in [-0.3, -0.25) is 9.59 Å². The summed E-state index contributed by atoms with van der Waals surface area (Å²) in [5.74, 6) is 0.147. The molecule has 0 aromatic carbocycles. The van der Waals surface area contributed by atoms with Gasteiger partial charge in [0.2, 0.25) is 11.8 Å². The van der Waals surface area contributed by atoms with E-state index in [0.29, 0.717) is 18.7 Å². The van der Waals surface area contributed by atoms with Crippen molar-refractivity contribution in [3.05, 3.63) is 42.1 Å². The molecule has 4 heterocycles. The highest BCUT2D eigenvalue weighted by Crippen LogP contribution is 2.42. The molecule has 1 spiro atoms. The summed E-state index contributed by atoms with van der Waals surface area (Å²) in [7, 11) is 0. The maximum atomic E-state index is 13.7. The molecule has 1 atom stereocenters. The van der Waals surface area contributed by atoms with E-state index in [1.54, 1.807) is 17.2 Å². The molecule has 158 valence electrons. The zero-order valence-electron chi connectivity index (χ0n) is 16.9. The zero-order valence-corrected chi connectivity index (χ0v) is 16.9. The van der Waals surface area contributed by atoms with Crippen LogP contribution < -0.4 is 5.32 Å². The predicted molar refractivity (Wildman–Crippen MR) is 106 cm³/mol. The van der Waals surface area contributed by atoms with E-state index in [9.17, 15) is 14.0 Å². The van der Waals surface area contributed by atoms with Gasteiger partial charge >= 0.3 is 0 Å². The van der Waals surface area contributed by atoms with Gasteiger partial charge in [-0.2, -0.15) is 5.10 Å². The number of piperazine rings is 1. The van der Waals surface area contributed by atoms with Crippen molar-refractivity contribution in [1.82, 2.24) is 29.9 Å². The summed E-state index contributed by atoms with van der Waals surface area (Å²) < 4.78 is 14.6. The molecule has 30 heavy (non-hydrogen) atoms. The Kier molecular flexibility index (Phi) is 4.57. The number of carbonyl (C=O) groups excluding carboxylic acids is 2. The number of hydrogen-bond donors (Lipinski definition) is 1. The highest BCUT2D eigenvalue weighted by Gasteiger charge is 2.57. The number of piperidine rings is 1. The summed E-state index contributed by atoms with van der Waals surface area (Å²) in [5, 5.41) is 7.24. The standard InChI is InChI=1S/C21H25FN6O2/c1-14(15-2-5-18(24-10-15)27-12-16(22)11-25-27)26-13-19(29)28(17-3-4-17)21(20(26)30)6-8-23-9-7-21/h2,5,10-12,14,17,23H,3-4,6-9,13H2,1H3/t14-/m0/s1. The Hall–Kier alpha value is -2.81. The van der Waals surface area contributed by atoms with E-state index in [4.69, 9.17) is 0 Å². The predicted octanol–water partition coefficient (Wildman–Crippen LogP) is 1.42. The van der Waals surface area contributed by atoms with Crippen molar-refractivity contribution in [3.63, 3.8) is 0 Å². The number of nitrogens with zero attached hydrogens (tertiary/aromatic N) is 5. The minimum absolute atomic E-state index is 0.0428. The molecule has 9 heteroatoms. The van der Waals surface area contributed by atoms with Gasteiger partial charge in [0.05, 0.1) is 18.4 Å². The summed E-state index contributed by atoms with van der Waals surface area (Å²) in [6, 6.07) is 3.52. The van der Waals surface area contributed by atoms with E-state index in [1.165, 1.54) is 10.9 Å². The number of hydrogen-bond acceptors (Lipinski definition) is 5. The molecule has 2 amide bonds. The van der Waals surface area contributed by atoms with Crippen molar-refractivity contribution in [1.29, 1.82) is 0 Å². The first kappa shape index (κ1) is 19.2. The Balaban J connectivity index is 1.41.